The third-order valence-electron chi connectivity index (χ3n) is 5.48. The van der Waals surface area contributed by atoms with Crippen LogP contribution in [0.25, 0.3) is 0 Å². The summed E-state index contributed by atoms with van der Waals surface area (Å²) in [6.07, 6.45) is 4.79. The van der Waals surface area contributed by atoms with Gasteiger partial charge < -0.3 is 14.2 Å². The quantitative estimate of drug-likeness (QED) is 0.752. The second kappa shape index (κ2) is 7.35. The number of ether oxygens (including phenoxy) is 3. The van der Waals surface area contributed by atoms with E-state index in [1.165, 1.54) is 0 Å². The van der Waals surface area contributed by atoms with Crippen molar-refractivity contribution in [1.82, 2.24) is 4.31 Å². The van der Waals surface area contributed by atoms with Crippen LogP contribution in [0.3, 0.4) is 0 Å². The van der Waals surface area contributed by atoms with E-state index in [0.29, 0.717) is 25.6 Å². The summed E-state index contributed by atoms with van der Waals surface area (Å²) in [6.45, 7) is 5.98. The minimum absolute atomic E-state index is 0.159. The van der Waals surface area contributed by atoms with E-state index < -0.39 is 10.0 Å². The van der Waals surface area contributed by atoms with Gasteiger partial charge in [0.2, 0.25) is 10.0 Å². The Balaban J connectivity index is 1.44. The topological polar surface area (TPSA) is 65.1 Å². The molecular formula is C16H29NO5S. The summed E-state index contributed by atoms with van der Waals surface area (Å²) < 4.78 is 43.0. The van der Waals surface area contributed by atoms with Gasteiger partial charge in [0.25, 0.3) is 0 Å². The zero-order valence-electron chi connectivity index (χ0n) is 14.0. The molecule has 0 N–H and O–H groups in total. The molecule has 0 aliphatic carbocycles. The first-order valence-corrected chi connectivity index (χ1v) is 10.4. The highest BCUT2D eigenvalue weighted by Gasteiger charge is 2.44. The average molecular weight is 347 g/mol. The number of sulfonamides is 1. The molecule has 0 aromatic heterocycles. The second-order valence-electron chi connectivity index (χ2n) is 7.01. The van der Waals surface area contributed by atoms with Gasteiger partial charge in [-0.15, -0.1) is 0 Å². The molecule has 3 heterocycles. The van der Waals surface area contributed by atoms with Gasteiger partial charge in [-0.25, -0.2) is 12.7 Å². The van der Waals surface area contributed by atoms with E-state index in [1.807, 2.05) is 0 Å². The van der Waals surface area contributed by atoms with Gasteiger partial charge >= 0.3 is 0 Å². The van der Waals surface area contributed by atoms with E-state index in [0.717, 1.165) is 51.9 Å². The van der Waals surface area contributed by atoms with E-state index in [1.54, 1.807) is 11.2 Å². The molecule has 3 aliphatic rings. The molecule has 0 unspecified atom stereocenters. The third-order valence-corrected chi connectivity index (χ3v) is 7.36. The molecule has 3 fully saturated rings. The summed E-state index contributed by atoms with van der Waals surface area (Å²) in [5.74, 6) is 0.786. The SMILES string of the molecule is CCS(=O)(=O)N1CCC2(CC1)C[C@@H](OCC1CCOCC1)CO2. The van der Waals surface area contributed by atoms with Gasteiger partial charge in [-0.05, 0) is 38.5 Å². The van der Waals surface area contributed by atoms with Crippen molar-refractivity contribution < 1.29 is 22.6 Å². The first-order valence-electron chi connectivity index (χ1n) is 8.84. The highest BCUT2D eigenvalue weighted by molar-refractivity contribution is 7.89. The fourth-order valence-electron chi connectivity index (χ4n) is 3.80. The first-order chi connectivity index (χ1) is 11.0. The van der Waals surface area contributed by atoms with Crippen LogP contribution >= 0.6 is 0 Å². The molecule has 1 spiro atoms. The second-order valence-corrected chi connectivity index (χ2v) is 9.27. The van der Waals surface area contributed by atoms with Crippen LogP contribution < -0.4 is 0 Å². The summed E-state index contributed by atoms with van der Waals surface area (Å²) in [6, 6.07) is 0. The lowest BCUT2D eigenvalue weighted by Crippen LogP contribution is -2.47. The Bertz CT molecular complexity index is 481. The van der Waals surface area contributed by atoms with Gasteiger partial charge in [0.1, 0.15) is 0 Å². The molecule has 23 heavy (non-hydrogen) atoms. The van der Waals surface area contributed by atoms with Crippen molar-refractivity contribution in [3.8, 4) is 0 Å². The first kappa shape index (κ1) is 17.6. The molecule has 3 rings (SSSR count). The van der Waals surface area contributed by atoms with Crippen molar-refractivity contribution >= 4 is 10.0 Å². The van der Waals surface area contributed by atoms with Crippen LogP contribution in [0, 0.1) is 5.92 Å². The minimum Gasteiger partial charge on any atom is -0.381 e. The fourth-order valence-corrected chi connectivity index (χ4v) is 4.90. The van der Waals surface area contributed by atoms with Gasteiger partial charge in [-0.1, -0.05) is 0 Å². The normalized spacial score (nSPS) is 30.0. The Hall–Kier alpha value is -0.210. The smallest absolute Gasteiger partial charge is 0.213 e. The van der Waals surface area contributed by atoms with E-state index in [9.17, 15) is 8.42 Å². The number of nitrogens with zero attached hydrogens (tertiary/aromatic N) is 1. The standard InChI is InChI=1S/C16H29NO5S/c1-2-23(18,19)17-7-5-16(6-8-17)11-15(13-22-16)21-12-14-3-9-20-10-4-14/h14-15H,2-13H2,1H3/t15-/m1/s1. The highest BCUT2D eigenvalue weighted by atomic mass is 32.2. The van der Waals surface area contributed by atoms with Crippen molar-refractivity contribution in [3.05, 3.63) is 0 Å². The number of hydrogen-bond acceptors (Lipinski definition) is 5. The summed E-state index contributed by atoms with van der Waals surface area (Å²) in [7, 11) is -3.07. The van der Waals surface area contributed by atoms with E-state index >= 15 is 0 Å². The fraction of sp³-hybridized carbons (Fsp3) is 1.00. The summed E-state index contributed by atoms with van der Waals surface area (Å²) in [4.78, 5) is 0. The molecule has 6 nitrogen and oxygen atoms in total. The summed E-state index contributed by atoms with van der Waals surface area (Å²) >= 11 is 0. The molecule has 3 aliphatic heterocycles. The lowest BCUT2D eigenvalue weighted by Gasteiger charge is -2.37. The molecule has 0 aromatic rings. The Kier molecular flexibility index (Phi) is 5.63. The Morgan fingerprint density at radius 1 is 1.22 bits per heavy atom. The third kappa shape index (κ3) is 4.25. The maximum absolute atomic E-state index is 11.9. The Morgan fingerprint density at radius 3 is 2.57 bits per heavy atom. The van der Waals surface area contributed by atoms with Crippen LogP contribution in [0.1, 0.15) is 39.0 Å². The molecule has 0 radical (unpaired) electrons. The highest BCUT2D eigenvalue weighted by Crippen LogP contribution is 2.37. The van der Waals surface area contributed by atoms with Crippen LogP contribution in [0.4, 0.5) is 0 Å². The molecule has 0 amide bonds. The molecule has 134 valence electrons. The number of hydrogen-bond donors (Lipinski definition) is 0. The van der Waals surface area contributed by atoms with Gasteiger partial charge in [0.05, 0.1) is 30.7 Å². The molecule has 1 atom stereocenters. The lowest BCUT2D eigenvalue weighted by molar-refractivity contribution is -0.0368. The molecule has 0 aromatic carbocycles. The van der Waals surface area contributed by atoms with Crippen molar-refractivity contribution in [2.45, 2.75) is 50.7 Å². The van der Waals surface area contributed by atoms with Crippen LogP contribution in [-0.2, 0) is 24.2 Å². The predicted molar refractivity (Wildman–Crippen MR) is 86.9 cm³/mol. The molecule has 0 saturated carbocycles. The minimum atomic E-state index is -3.07. The van der Waals surface area contributed by atoms with Gasteiger partial charge in [0, 0.05) is 32.7 Å². The summed E-state index contributed by atoms with van der Waals surface area (Å²) in [5, 5.41) is 0. The van der Waals surface area contributed by atoms with Crippen LogP contribution in [-0.4, -0.2) is 69.7 Å². The number of piperidine rings is 1. The van der Waals surface area contributed by atoms with Crippen LogP contribution in [0.2, 0.25) is 0 Å². The Morgan fingerprint density at radius 2 is 1.91 bits per heavy atom. The number of rotatable bonds is 5. The largest absolute Gasteiger partial charge is 0.381 e. The zero-order valence-corrected chi connectivity index (χ0v) is 14.9. The summed E-state index contributed by atoms with van der Waals surface area (Å²) in [5.41, 5.74) is -0.167. The molecule has 7 heteroatoms. The van der Waals surface area contributed by atoms with Gasteiger partial charge in [-0.2, -0.15) is 0 Å². The van der Waals surface area contributed by atoms with Crippen molar-refractivity contribution in [2.75, 3.05) is 45.3 Å². The van der Waals surface area contributed by atoms with Crippen molar-refractivity contribution in [3.63, 3.8) is 0 Å². The van der Waals surface area contributed by atoms with Crippen molar-refractivity contribution in [1.29, 1.82) is 0 Å². The van der Waals surface area contributed by atoms with Gasteiger partial charge in [-0.3, -0.25) is 0 Å². The maximum atomic E-state index is 11.9. The molecular weight excluding hydrogens is 318 g/mol. The predicted octanol–water partition coefficient (Wildman–Crippen LogP) is 1.40. The lowest BCUT2D eigenvalue weighted by atomic mass is 9.89. The van der Waals surface area contributed by atoms with Crippen molar-refractivity contribution in [2.24, 2.45) is 5.92 Å². The van der Waals surface area contributed by atoms with E-state index in [4.69, 9.17) is 14.2 Å². The van der Waals surface area contributed by atoms with Crippen LogP contribution in [0.5, 0.6) is 0 Å². The average Bonchev–Trinajstić information content (AvgIpc) is 2.97. The van der Waals surface area contributed by atoms with Crippen LogP contribution in [0.15, 0.2) is 0 Å². The Labute approximate surface area is 139 Å². The zero-order chi connectivity index (χ0) is 16.3. The van der Waals surface area contributed by atoms with E-state index in [-0.39, 0.29) is 17.5 Å². The molecule has 0 bridgehead atoms. The van der Waals surface area contributed by atoms with E-state index in [2.05, 4.69) is 0 Å². The maximum Gasteiger partial charge on any atom is 0.213 e. The monoisotopic (exact) mass is 347 g/mol. The molecule has 3 saturated heterocycles. The van der Waals surface area contributed by atoms with Gasteiger partial charge in [0.15, 0.2) is 0 Å².